The first-order valence-electron chi connectivity index (χ1n) is 5.08. The van der Waals surface area contributed by atoms with Crippen molar-refractivity contribution in [1.82, 2.24) is 10.3 Å². The molecule has 0 radical (unpaired) electrons. The lowest BCUT2D eigenvalue weighted by molar-refractivity contribution is 0.0867. The smallest absolute Gasteiger partial charge is 0.269 e. The third kappa shape index (κ3) is 3.58. The molecule has 1 aromatic rings. The third-order valence-corrected chi connectivity index (χ3v) is 2.20. The van der Waals surface area contributed by atoms with Gasteiger partial charge in [0.05, 0.1) is 12.3 Å². The van der Waals surface area contributed by atoms with Crippen LogP contribution in [0.1, 0.15) is 24.3 Å². The van der Waals surface area contributed by atoms with Gasteiger partial charge in [0.15, 0.2) is 0 Å². The average Bonchev–Trinajstić information content (AvgIpc) is 2.26. The van der Waals surface area contributed by atoms with Gasteiger partial charge in [-0.2, -0.15) is 0 Å². The summed E-state index contributed by atoms with van der Waals surface area (Å²) in [7, 11) is 0. The molecule has 0 fully saturated rings. The normalized spacial score (nSPS) is 12.6. The quantitative estimate of drug-likeness (QED) is 0.804. The van der Waals surface area contributed by atoms with Crippen LogP contribution in [0.15, 0.2) is 18.3 Å². The van der Waals surface area contributed by atoms with Crippen molar-refractivity contribution in [2.45, 2.75) is 20.0 Å². The first-order chi connectivity index (χ1) is 7.50. The minimum atomic E-state index is -0.593. The molecule has 16 heavy (non-hydrogen) atoms. The molecule has 1 heterocycles. The molecule has 0 aliphatic carbocycles. The molecule has 5 heteroatoms. The zero-order chi connectivity index (χ0) is 12.1. The third-order valence-electron chi connectivity index (χ3n) is 2.20. The van der Waals surface area contributed by atoms with E-state index in [1.54, 1.807) is 0 Å². The Hall–Kier alpha value is -1.49. The van der Waals surface area contributed by atoms with E-state index in [-0.39, 0.29) is 18.2 Å². The summed E-state index contributed by atoms with van der Waals surface area (Å²) in [4.78, 5) is 15.1. The Morgan fingerprint density at radius 3 is 2.75 bits per heavy atom. The van der Waals surface area contributed by atoms with Gasteiger partial charge in [-0.05, 0) is 18.1 Å². The topological polar surface area (TPSA) is 62.2 Å². The molecular weight excluding hydrogens is 211 g/mol. The van der Waals surface area contributed by atoms with Crippen LogP contribution in [0.4, 0.5) is 4.39 Å². The average molecular weight is 226 g/mol. The van der Waals surface area contributed by atoms with Gasteiger partial charge in [-0.25, -0.2) is 9.37 Å². The Morgan fingerprint density at radius 1 is 1.56 bits per heavy atom. The van der Waals surface area contributed by atoms with E-state index in [2.05, 4.69) is 10.3 Å². The van der Waals surface area contributed by atoms with Gasteiger partial charge in [-0.3, -0.25) is 4.79 Å². The summed E-state index contributed by atoms with van der Waals surface area (Å²) in [6, 6.07) is 2.47. The van der Waals surface area contributed by atoms with Crippen molar-refractivity contribution in [2.75, 3.05) is 6.54 Å². The number of nitrogens with zero attached hydrogens (tertiary/aromatic N) is 1. The highest BCUT2D eigenvalue weighted by Crippen LogP contribution is 2.01. The predicted molar refractivity (Wildman–Crippen MR) is 57.4 cm³/mol. The highest BCUT2D eigenvalue weighted by Gasteiger charge is 2.12. The fourth-order valence-corrected chi connectivity index (χ4v) is 1.03. The van der Waals surface area contributed by atoms with E-state index in [0.29, 0.717) is 0 Å². The molecule has 1 rings (SSSR count). The molecule has 0 spiro atoms. The van der Waals surface area contributed by atoms with Crippen LogP contribution >= 0.6 is 0 Å². The van der Waals surface area contributed by atoms with Crippen molar-refractivity contribution in [2.24, 2.45) is 5.92 Å². The number of pyridine rings is 1. The Morgan fingerprint density at radius 2 is 2.25 bits per heavy atom. The number of carbonyl (C=O) groups is 1. The maximum Gasteiger partial charge on any atom is 0.269 e. The summed E-state index contributed by atoms with van der Waals surface area (Å²) in [5.41, 5.74) is 0.136. The molecule has 4 nitrogen and oxygen atoms in total. The number of hydrogen-bond acceptors (Lipinski definition) is 3. The number of amides is 1. The van der Waals surface area contributed by atoms with E-state index in [1.807, 2.05) is 13.8 Å². The maximum absolute atomic E-state index is 12.5. The van der Waals surface area contributed by atoms with Gasteiger partial charge >= 0.3 is 0 Å². The van der Waals surface area contributed by atoms with Gasteiger partial charge in [0, 0.05) is 6.54 Å². The van der Waals surface area contributed by atoms with Crippen LogP contribution in [-0.4, -0.2) is 28.6 Å². The van der Waals surface area contributed by atoms with E-state index in [0.717, 1.165) is 6.20 Å². The molecule has 0 aliphatic heterocycles. The molecule has 0 bridgehead atoms. The van der Waals surface area contributed by atoms with Gasteiger partial charge in [-0.15, -0.1) is 0 Å². The summed E-state index contributed by atoms with van der Waals surface area (Å²) in [6.45, 7) is 3.87. The standard InChI is InChI=1S/C11H15FN2O2/c1-7(2)10(15)6-14-11(16)9-4-3-8(12)5-13-9/h3-5,7,10,15H,6H2,1-2H3,(H,14,16). The first-order valence-corrected chi connectivity index (χ1v) is 5.08. The molecule has 2 N–H and O–H groups in total. The van der Waals surface area contributed by atoms with Crippen LogP contribution in [0.25, 0.3) is 0 Å². The van der Waals surface area contributed by atoms with E-state index < -0.39 is 17.8 Å². The Balaban J connectivity index is 2.50. The highest BCUT2D eigenvalue weighted by atomic mass is 19.1. The number of hydrogen-bond donors (Lipinski definition) is 2. The van der Waals surface area contributed by atoms with Crippen LogP contribution in [0, 0.1) is 11.7 Å². The predicted octanol–water partition coefficient (Wildman–Crippen LogP) is 0.967. The molecule has 1 aromatic heterocycles. The molecule has 0 aromatic carbocycles. The Kier molecular flexibility index (Phi) is 4.37. The van der Waals surface area contributed by atoms with E-state index in [1.165, 1.54) is 12.1 Å². The van der Waals surface area contributed by atoms with Crippen LogP contribution in [0.3, 0.4) is 0 Å². The van der Waals surface area contributed by atoms with Crippen LogP contribution in [-0.2, 0) is 0 Å². The lowest BCUT2D eigenvalue weighted by Crippen LogP contribution is -2.35. The second-order valence-electron chi connectivity index (χ2n) is 3.88. The van der Waals surface area contributed by atoms with Gasteiger partial charge < -0.3 is 10.4 Å². The molecule has 1 atom stereocenters. The molecule has 1 unspecified atom stereocenters. The first kappa shape index (κ1) is 12.6. The zero-order valence-electron chi connectivity index (χ0n) is 9.27. The Labute approximate surface area is 93.5 Å². The van der Waals surface area contributed by atoms with Gasteiger partial charge in [0.25, 0.3) is 5.91 Å². The molecular formula is C11H15FN2O2. The maximum atomic E-state index is 12.5. The summed E-state index contributed by atoms with van der Waals surface area (Å²) in [6.07, 6.45) is 0.387. The van der Waals surface area contributed by atoms with Gasteiger partial charge in [0.2, 0.25) is 0 Å². The van der Waals surface area contributed by atoms with Crippen LogP contribution < -0.4 is 5.32 Å². The fraction of sp³-hybridized carbons (Fsp3) is 0.455. The van der Waals surface area contributed by atoms with Crippen molar-refractivity contribution in [1.29, 1.82) is 0 Å². The van der Waals surface area contributed by atoms with Crippen molar-refractivity contribution in [3.63, 3.8) is 0 Å². The molecule has 0 saturated carbocycles. The molecule has 0 aliphatic rings. The van der Waals surface area contributed by atoms with Gasteiger partial charge in [-0.1, -0.05) is 13.8 Å². The van der Waals surface area contributed by atoms with Crippen molar-refractivity contribution < 1.29 is 14.3 Å². The van der Waals surface area contributed by atoms with E-state index in [9.17, 15) is 14.3 Å². The van der Waals surface area contributed by atoms with Gasteiger partial charge in [0.1, 0.15) is 11.5 Å². The number of nitrogens with one attached hydrogen (secondary N) is 1. The van der Waals surface area contributed by atoms with Crippen LogP contribution in [0.2, 0.25) is 0 Å². The van der Waals surface area contributed by atoms with Crippen molar-refractivity contribution in [3.8, 4) is 0 Å². The van der Waals surface area contributed by atoms with E-state index >= 15 is 0 Å². The lowest BCUT2D eigenvalue weighted by atomic mass is 10.1. The summed E-state index contributed by atoms with van der Waals surface area (Å²) < 4.78 is 12.5. The number of carbonyl (C=O) groups excluding carboxylic acids is 1. The molecule has 1 amide bonds. The minimum Gasteiger partial charge on any atom is -0.391 e. The number of aliphatic hydroxyl groups excluding tert-OH is 1. The number of halogens is 1. The second-order valence-corrected chi connectivity index (χ2v) is 3.88. The lowest BCUT2D eigenvalue weighted by Gasteiger charge is -2.14. The number of aromatic nitrogens is 1. The highest BCUT2D eigenvalue weighted by molar-refractivity contribution is 5.92. The number of rotatable bonds is 4. The monoisotopic (exact) mass is 226 g/mol. The number of aliphatic hydroxyl groups is 1. The van der Waals surface area contributed by atoms with Crippen molar-refractivity contribution in [3.05, 3.63) is 29.8 Å². The second kappa shape index (κ2) is 5.55. The Bertz CT molecular complexity index is 352. The SMILES string of the molecule is CC(C)C(O)CNC(=O)c1ccc(F)cn1. The minimum absolute atomic E-state index is 0.0708. The summed E-state index contributed by atoms with van der Waals surface area (Å²) >= 11 is 0. The molecule has 88 valence electrons. The summed E-state index contributed by atoms with van der Waals surface area (Å²) in [5.74, 6) is -0.833. The van der Waals surface area contributed by atoms with Crippen molar-refractivity contribution >= 4 is 5.91 Å². The molecule has 0 saturated heterocycles. The largest absolute Gasteiger partial charge is 0.391 e. The van der Waals surface area contributed by atoms with Crippen LogP contribution in [0.5, 0.6) is 0 Å². The fourth-order valence-electron chi connectivity index (χ4n) is 1.03. The van der Waals surface area contributed by atoms with E-state index in [4.69, 9.17) is 0 Å². The zero-order valence-corrected chi connectivity index (χ0v) is 9.27. The summed E-state index contributed by atoms with van der Waals surface area (Å²) in [5, 5.41) is 12.0.